The first-order valence-corrected chi connectivity index (χ1v) is 4.75. The van der Waals surface area contributed by atoms with Crippen LogP contribution in [0.4, 0.5) is 0 Å². The first-order valence-electron chi connectivity index (χ1n) is 4.75. The van der Waals surface area contributed by atoms with Gasteiger partial charge in [-0.15, -0.1) is 0 Å². The molecule has 0 amide bonds. The third kappa shape index (κ3) is 11.1. The monoisotopic (exact) mass is 181 g/mol. The van der Waals surface area contributed by atoms with Crippen molar-refractivity contribution in [3.8, 4) is 0 Å². The highest BCUT2D eigenvalue weighted by molar-refractivity contribution is 5.05. The Kier molecular flexibility index (Phi) is 10.4. The van der Waals surface area contributed by atoms with Crippen LogP contribution in [0.1, 0.15) is 26.2 Å². The largest absolute Gasteiger partial charge is 0.317 e. The van der Waals surface area contributed by atoms with Crippen LogP contribution in [0.5, 0.6) is 0 Å². The zero-order valence-electron chi connectivity index (χ0n) is 8.24. The van der Waals surface area contributed by atoms with Crippen LogP contribution in [0.15, 0.2) is 36.5 Å². The van der Waals surface area contributed by atoms with E-state index in [9.17, 15) is 0 Å². The second-order valence-corrected chi connectivity index (χ2v) is 2.71. The van der Waals surface area contributed by atoms with Crippen molar-refractivity contribution < 1.29 is 5.21 Å². The molecule has 0 aliphatic heterocycles. The lowest BCUT2D eigenvalue weighted by molar-refractivity contribution is 0.179. The molecule has 0 aromatic heterocycles. The number of rotatable bonds is 7. The first-order chi connectivity index (χ1) is 6.41. The molecule has 0 aromatic rings. The minimum absolute atomic E-state index is 0.496. The SMILES string of the molecule is CCC/C=C/C/C=C/C=C/CNO. The summed E-state index contributed by atoms with van der Waals surface area (Å²) in [5, 5.41) is 8.23. The minimum atomic E-state index is 0.496. The highest BCUT2D eigenvalue weighted by Gasteiger charge is 1.72. The standard InChI is InChI=1S/C11H19NO/c1-2-3-4-5-6-7-8-9-10-11-12-13/h4-5,7-10,12-13H,2-3,6,11H2,1H3/b5-4+,8-7+,10-9+. The molecule has 0 atom stereocenters. The van der Waals surface area contributed by atoms with Crippen molar-refractivity contribution in [1.82, 2.24) is 5.48 Å². The third-order valence-electron chi connectivity index (χ3n) is 1.49. The Morgan fingerprint density at radius 3 is 2.54 bits per heavy atom. The Labute approximate surface area is 80.6 Å². The Balaban J connectivity index is 3.30. The summed E-state index contributed by atoms with van der Waals surface area (Å²) in [6.45, 7) is 2.67. The van der Waals surface area contributed by atoms with Gasteiger partial charge in [-0.05, 0) is 12.8 Å². The van der Waals surface area contributed by atoms with Gasteiger partial charge in [0.15, 0.2) is 0 Å². The molecule has 0 bridgehead atoms. The molecule has 0 saturated carbocycles. The smallest absolute Gasteiger partial charge is 0.0391 e. The van der Waals surface area contributed by atoms with Gasteiger partial charge in [0.2, 0.25) is 0 Å². The zero-order chi connectivity index (χ0) is 9.78. The Morgan fingerprint density at radius 1 is 1.08 bits per heavy atom. The topological polar surface area (TPSA) is 32.3 Å². The van der Waals surface area contributed by atoms with Gasteiger partial charge in [-0.1, -0.05) is 49.8 Å². The van der Waals surface area contributed by atoms with Crippen LogP contribution in [-0.4, -0.2) is 11.8 Å². The number of unbranched alkanes of at least 4 members (excludes halogenated alkanes) is 1. The van der Waals surface area contributed by atoms with E-state index in [0.717, 1.165) is 12.8 Å². The summed E-state index contributed by atoms with van der Waals surface area (Å²) in [4.78, 5) is 0. The average Bonchev–Trinajstić information content (AvgIpc) is 2.16. The van der Waals surface area contributed by atoms with Crippen LogP contribution in [0, 0.1) is 0 Å². The van der Waals surface area contributed by atoms with E-state index in [1.54, 1.807) is 0 Å². The number of allylic oxidation sites excluding steroid dienone is 5. The fraction of sp³-hybridized carbons (Fsp3) is 0.455. The molecule has 0 rings (SSSR count). The molecule has 0 radical (unpaired) electrons. The van der Waals surface area contributed by atoms with Crippen LogP contribution in [0.2, 0.25) is 0 Å². The Morgan fingerprint density at radius 2 is 1.85 bits per heavy atom. The number of hydroxylamine groups is 1. The molecule has 2 nitrogen and oxygen atoms in total. The third-order valence-corrected chi connectivity index (χ3v) is 1.49. The van der Waals surface area contributed by atoms with Gasteiger partial charge in [-0.2, -0.15) is 0 Å². The summed E-state index contributed by atoms with van der Waals surface area (Å²) in [6.07, 6.45) is 15.6. The van der Waals surface area contributed by atoms with Crippen molar-refractivity contribution in [2.45, 2.75) is 26.2 Å². The lowest BCUT2D eigenvalue weighted by atomic mass is 10.2. The van der Waals surface area contributed by atoms with Crippen molar-refractivity contribution in [3.05, 3.63) is 36.5 Å². The molecule has 13 heavy (non-hydrogen) atoms. The summed E-state index contributed by atoms with van der Waals surface area (Å²) in [5.41, 5.74) is 2.05. The second kappa shape index (κ2) is 11.1. The second-order valence-electron chi connectivity index (χ2n) is 2.71. The summed E-state index contributed by atoms with van der Waals surface area (Å²) < 4.78 is 0. The van der Waals surface area contributed by atoms with Gasteiger partial charge in [0.25, 0.3) is 0 Å². The summed E-state index contributed by atoms with van der Waals surface area (Å²) in [7, 11) is 0. The Hall–Kier alpha value is -0.860. The van der Waals surface area contributed by atoms with E-state index in [4.69, 9.17) is 5.21 Å². The minimum Gasteiger partial charge on any atom is -0.317 e. The summed E-state index contributed by atoms with van der Waals surface area (Å²) in [5.74, 6) is 0. The molecule has 0 aromatic carbocycles. The van der Waals surface area contributed by atoms with Crippen molar-refractivity contribution in [2.24, 2.45) is 0 Å². The molecule has 0 aliphatic carbocycles. The van der Waals surface area contributed by atoms with Gasteiger partial charge in [0.1, 0.15) is 0 Å². The molecular weight excluding hydrogens is 162 g/mol. The lowest BCUT2D eigenvalue weighted by Gasteiger charge is -1.84. The fourth-order valence-corrected chi connectivity index (χ4v) is 0.816. The van der Waals surface area contributed by atoms with Crippen molar-refractivity contribution in [2.75, 3.05) is 6.54 Å². The van der Waals surface area contributed by atoms with Crippen LogP contribution in [-0.2, 0) is 0 Å². The van der Waals surface area contributed by atoms with E-state index in [1.807, 2.05) is 18.2 Å². The quantitative estimate of drug-likeness (QED) is 0.359. The van der Waals surface area contributed by atoms with Crippen molar-refractivity contribution >= 4 is 0 Å². The maximum atomic E-state index is 8.23. The highest BCUT2D eigenvalue weighted by atomic mass is 16.5. The van der Waals surface area contributed by atoms with Gasteiger partial charge < -0.3 is 5.21 Å². The van der Waals surface area contributed by atoms with Crippen molar-refractivity contribution in [3.63, 3.8) is 0 Å². The molecule has 0 unspecified atom stereocenters. The molecule has 0 fully saturated rings. The molecule has 2 N–H and O–H groups in total. The van der Waals surface area contributed by atoms with Crippen LogP contribution < -0.4 is 5.48 Å². The molecular formula is C11H19NO. The Bertz CT molecular complexity index is 171. The zero-order valence-corrected chi connectivity index (χ0v) is 8.24. The van der Waals surface area contributed by atoms with E-state index in [0.29, 0.717) is 6.54 Å². The van der Waals surface area contributed by atoms with E-state index < -0.39 is 0 Å². The van der Waals surface area contributed by atoms with E-state index in [2.05, 4.69) is 30.6 Å². The van der Waals surface area contributed by atoms with Gasteiger partial charge in [-0.25, -0.2) is 5.48 Å². The number of hydrogen-bond acceptors (Lipinski definition) is 2. The molecule has 2 heteroatoms. The maximum Gasteiger partial charge on any atom is 0.0391 e. The van der Waals surface area contributed by atoms with Gasteiger partial charge in [0, 0.05) is 6.54 Å². The summed E-state index contributed by atoms with van der Waals surface area (Å²) in [6, 6.07) is 0. The fourth-order valence-electron chi connectivity index (χ4n) is 0.816. The predicted octanol–water partition coefficient (Wildman–Crippen LogP) is 2.82. The number of nitrogens with one attached hydrogen (secondary N) is 1. The van der Waals surface area contributed by atoms with Crippen molar-refractivity contribution in [1.29, 1.82) is 0 Å². The first kappa shape index (κ1) is 12.1. The molecule has 0 heterocycles. The van der Waals surface area contributed by atoms with Gasteiger partial charge in [-0.3, -0.25) is 0 Å². The van der Waals surface area contributed by atoms with E-state index >= 15 is 0 Å². The van der Waals surface area contributed by atoms with E-state index in [1.165, 1.54) is 6.42 Å². The van der Waals surface area contributed by atoms with Gasteiger partial charge in [0.05, 0.1) is 0 Å². The lowest BCUT2D eigenvalue weighted by Crippen LogP contribution is -2.04. The van der Waals surface area contributed by atoms with Crippen LogP contribution in [0.25, 0.3) is 0 Å². The van der Waals surface area contributed by atoms with Gasteiger partial charge >= 0.3 is 0 Å². The molecule has 74 valence electrons. The van der Waals surface area contributed by atoms with Crippen LogP contribution in [0.3, 0.4) is 0 Å². The predicted molar refractivity (Wildman–Crippen MR) is 56.7 cm³/mol. The normalized spacial score (nSPS) is 12.5. The maximum absolute atomic E-state index is 8.23. The molecule has 0 aliphatic rings. The summed E-state index contributed by atoms with van der Waals surface area (Å²) >= 11 is 0. The molecule has 0 saturated heterocycles. The highest BCUT2D eigenvalue weighted by Crippen LogP contribution is 1.92. The average molecular weight is 181 g/mol. The van der Waals surface area contributed by atoms with Crippen LogP contribution >= 0.6 is 0 Å². The van der Waals surface area contributed by atoms with E-state index in [-0.39, 0.29) is 0 Å². The molecule has 0 spiro atoms. The number of hydrogen-bond donors (Lipinski definition) is 2.